The van der Waals surface area contributed by atoms with Crippen molar-refractivity contribution < 1.29 is 9.47 Å². The Hall–Kier alpha value is -2.41. The number of methoxy groups -OCH3 is 1. The van der Waals surface area contributed by atoms with Crippen LogP contribution in [0.4, 0.5) is 5.69 Å². The monoisotopic (exact) mass is 423 g/mol. The summed E-state index contributed by atoms with van der Waals surface area (Å²) in [6.45, 7) is 7.69. The molecule has 0 aliphatic carbocycles. The first-order valence-corrected chi connectivity index (χ1v) is 11.4. The minimum absolute atomic E-state index is 0.820. The van der Waals surface area contributed by atoms with E-state index in [1.165, 1.54) is 16.8 Å². The van der Waals surface area contributed by atoms with Gasteiger partial charge in [-0.15, -0.1) is 11.3 Å². The molecule has 2 heterocycles. The Balaban J connectivity index is 1.67. The van der Waals surface area contributed by atoms with E-state index in [4.69, 9.17) is 14.5 Å². The molecule has 6 heteroatoms. The van der Waals surface area contributed by atoms with Gasteiger partial charge in [-0.2, -0.15) is 0 Å². The van der Waals surface area contributed by atoms with Crippen molar-refractivity contribution in [1.29, 1.82) is 0 Å². The van der Waals surface area contributed by atoms with Gasteiger partial charge in [0.05, 0.1) is 31.7 Å². The van der Waals surface area contributed by atoms with E-state index in [0.29, 0.717) is 0 Å². The van der Waals surface area contributed by atoms with E-state index in [-0.39, 0.29) is 0 Å². The van der Waals surface area contributed by atoms with E-state index in [2.05, 4.69) is 58.2 Å². The average Bonchev–Trinajstić information content (AvgIpc) is 3.21. The maximum Gasteiger partial charge on any atom is 0.190 e. The number of rotatable bonds is 7. The van der Waals surface area contributed by atoms with Gasteiger partial charge in [0.1, 0.15) is 5.75 Å². The van der Waals surface area contributed by atoms with Crippen LogP contribution in [0.5, 0.6) is 5.75 Å². The molecule has 0 amide bonds. The van der Waals surface area contributed by atoms with Crippen molar-refractivity contribution in [2.24, 2.45) is 4.99 Å². The van der Waals surface area contributed by atoms with E-state index in [1.807, 2.05) is 12.1 Å². The van der Waals surface area contributed by atoms with Crippen LogP contribution in [0.3, 0.4) is 0 Å². The summed E-state index contributed by atoms with van der Waals surface area (Å²) in [7, 11) is 1.70. The zero-order valence-corrected chi connectivity index (χ0v) is 18.5. The molecular formula is C24H29N3O2S. The predicted octanol–water partition coefficient (Wildman–Crippen LogP) is 4.35. The van der Waals surface area contributed by atoms with Crippen LogP contribution in [-0.4, -0.2) is 49.4 Å². The van der Waals surface area contributed by atoms with Gasteiger partial charge < -0.3 is 14.0 Å². The Morgan fingerprint density at radius 2 is 1.73 bits per heavy atom. The summed E-state index contributed by atoms with van der Waals surface area (Å²) in [6.07, 6.45) is 1.04. The molecule has 0 bridgehead atoms. The fraction of sp³-hybridized carbons (Fsp3) is 0.375. The Labute approximate surface area is 182 Å². The largest absolute Gasteiger partial charge is 0.497 e. The third kappa shape index (κ3) is 5.01. The molecule has 1 saturated heterocycles. The normalized spacial score (nSPS) is 15.5. The van der Waals surface area contributed by atoms with E-state index < -0.39 is 0 Å². The van der Waals surface area contributed by atoms with Crippen molar-refractivity contribution in [1.82, 2.24) is 9.47 Å². The first kappa shape index (κ1) is 20.8. The second kappa shape index (κ2) is 10.1. The third-order valence-corrected chi connectivity index (χ3v) is 6.36. The van der Waals surface area contributed by atoms with E-state index >= 15 is 0 Å². The quantitative estimate of drug-likeness (QED) is 0.567. The van der Waals surface area contributed by atoms with Gasteiger partial charge in [0.25, 0.3) is 0 Å². The molecule has 0 N–H and O–H groups in total. The van der Waals surface area contributed by atoms with Crippen LogP contribution in [0.15, 0.2) is 58.9 Å². The van der Waals surface area contributed by atoms with E-state index in [1.54, 1.807) is 18.4 Å². The number of benzene rings is 2. The minimum atomic E-state index is 0.820. The minimum Gasteiger partial charge on any atom is -0.497 e. The van der Waals surface area contributed by atoms with Crippen LogP contribution < -0.4 is 9.54 Å². The lowest BCUT2D eigenvalue weighted by Gasteiger charge is -2.26. The Bertz CT molecular complexity index is 1000. The Morgan fingerprint density at radius 3 is 2.40 bits per heavy atom. The van der Waals surface area contributed by atoms with Gasteiger partial charge >= 0.3 is 0 Å². The molecule has 0 saturated carbocycles. The lowest BCUT2D eigenvalue weighted by atomic mass is 10.1. The molecule has 2 aromatic carbocycles. The molecule has 1 fully saturated rings. The molecule has 0 radical (unpaired) electrons. The van der Waals surface area contributed by atoms with Gasteiger partial charge in [-0.25, -0.2) is 4.99 Å². The number of aryl methyl sites for hydroxylation is 1. The summed E-state index contributed by atoms with van der Waals surface area (Å²) in [5, 5.41) is 2.21. The lowest BCUT2D eigenvalue weighted by Crippen LogP contribution is -2.39. The Kier molecular flexibility index (Phi) is 7.00. The fourth-order valence-corrected chi connectivity index (χ4v) is 4.57. The molecule has 0 spiro atoms. The first-order chi connectivity index (χ1) is 14.8. The molecule has 30 heavy (non-hydrogen) atoms. The van der Waals surface area contributed by atoms with Crippen molar-refractivity contribution in [3.8, 4) is 17.0 Å². The second-order valence-electron chi connectivity index (χ2n) is 7.37. The van der Waals surface area contributed by atoms with Crippen LogP contribution in [0.25, 0.3) is 11.3 Å². The maximum atomic E-state index is 5.50. The first-order valence-electron chi connectivity index (χ1n) is 10.5. The summed E-state index contributed by atoms with van der Waals surface area (Å²) < 4.78 is 13.2. The van der Waals surface area contributed by atoms with Crippen molar-refractivity contribution in [2.45, 2.75) is 19.9 Å². The third-order valence-electron chi connectivity index (χ3n) is 5.50. The topological polar surface area (TPSA) is 39.0 Å². The molecule has 1 aliphatic rings. The molecule has 3 aromatic rings. The van der Waals surface area contributed by atoms with Crippen molar-refractivity contribution >= 4 is 17.0 Å². The van der Waals surface area contributed by atoms with Gasteiger partial charge in [0, 0.05) is 31.6 Å². The van der Waals surface area contributed by atoms with Crippen LogP contribution in [-0.2, 0) is 17.7 Å². The summed E-state index contributed by atoms with van der Waals surface area (Å²) >= 11 is 1.69. The molecule has 4 rings (SSSR count). The molecule has 1 aliphatic heterocycles. The molecule has 5 nitrogen and oxygen atoms in total. The van der Waals surface area contributed by atoms with Crippen molar-refractivity contribution in [3.05, 3.63) is 64.3 Å². The van der Waals surface area contributed by atoms with Crippen molar-refractivity contribution in [2.75, 3.05) is 40.0 Å². The number of ether oxygens (including phenoxy) is 2. The standard InChI is InChI=1S/C24H29N3O2S/c1-3-19-4-8-21(9-5-19)25-24-27(13-12-26-14-16-29-17-15-26)23(18-30-24)20-6-10-22(28-2)11-7-20/h4-11,18H,3,12-17H2,1-2H3. The van der Waals surface area contributed by atoms with Crippen LogP contribution in [0.1, 0.15) is 12.5 Å². The summed E-state index contributed by atoms with van der Waals surface area (Å²) in [5.41, 5.74) is 4.70. The zero-order chi connectivity index (χ0) is 20.8. The van der Waals surface area contributed by atoms with E-state index in [9.17, 15) is 0 Å². The van der Waals surface area contributed by atoms with Gasteiger partial charge in [0.2, 0.25) is 0 Å². The van der Waals surface area contributed by atoms with Gasteiger partial charge in [-0.05, 0) is 53.9 Å². The number of morpholine rings is 1. The zero-order valence-electron chi connectivity index (χ0n) is 17.7. The Morgan fingerprint density at radius 1 is 1.00 bits per heavy atom. The molecule has 0 unspecified atom stereocenters. The molecule has 0 atom stereocenters. The highest BCUT2D eigenvalue weighted by Crippen LogP contribution is 2.24. The highest BCUT2D eigenvalue weighted by Gasteiger charge is 2.13. The molecule has 1 aromatic heterocycles. The predicted molar refractivity (Wildman–Crippen MR) is 123 cm³/mol. The van der Waals surface area contributed by atoms with Gasteiger partial charge in [-0.1, -0.05) is 19.1 Å². The number of aromatic nitrogens is 1. The highest BCUT2D eigenvalue weighted by molar-refractivity contribution is 7.07. The average molecular weight is 424 g/mol. The second-order valence-corrected chi connectivity index (χ2v) is 8.21. The maximum absolute atomic E-state index is 5.50. The number of hydrogen-bond acceptors (Lipinski definition) is 5. The van der Waals surface area contributed by atoms with Crippen molar-refractivity contribution in [3.63, 3.8) is 0 Å². The molecule has 158 valence electrons. The fourth-order valence-electron chi connectivity index (χ4n) is 3.61. The lowest BCUT2D eigenvalue weighted by molar-refractivity contribution is 0.0363. The molecular weight excluding hydrogens is 394 g/mol. The SMILES string of the molecule is CCc1ccc(N=c2scc(-c3ccc(OC)cc3)n2CCN2CCOCC2)cc1. The van der Waals surface area contributed by atoms with Gasteiger partial charge in [0.15, 0.2) is 4.80 Å². The van der Waals surface area contributed by atoms with Crippen LogP contribution in [0.2, 0.25) is 0 Å². The van der Waals surface area contributed by atoms with E-state index in [0.717, 1.165) is 62.1 Å². The van der Waals surface area contributed by atoms with Crippen LogP contribution in [0, 0.1) is 0 Å². The number of nitrogens with zero attached hydrogens (tertiary/aromatic N) is 3. The smallest absolute Gasteiger partial charge is 0.190 e. The van der Waals surface area contributed by atoms with Gasteiger partial charge in [-0.3, -0.25) is 4.90 Å². The number of thiazole rings is 1. The van der Waals surface area contributed by atoms with Crippen LogP contribution >= 0.6 is 11.3 Å². The number of hydrogen-bond donors (Lipinski definition) is 0. The summed E-state index contributed by atoms with van der Waals surface area (Å²) in [4.78, 5) is 8.46. The highest BCUT2D eigenvalue weighted by atomic mass is 32.1. The summed E-state index contributed by atoms with van der Waals surface area (Å²) in [5.74, 6) is 0.870. The summed E-state index contributed by atoms with van der Waals surface area (Å²) in [6, 6.07) is 16.8.